The van der Waals surface area contributed by atoms with Gasteiger partial charge < -0.3 is 19.5 Å². The molecule has 0 bridgehead atoms. The maximum Gasteiger partial charge on any atom is 0.456 e. The van der Waals surface area contributed by atoms with E-state index >= 15 is 0 Å². The van der Waals surface area contributed by atoms with E-state index in [1.54, 1.807) is 19.2 Å². The molecule has 2 aliphatic rings. The lowest BCUT2D eigenvalue weighted by Crippen LogP contribution is -2.42. The van der Waals surface area contributed by atoms with Gasteiger partial charge in [-0.3, -0.25) is 0 Å². The molecule has 8 heteroatoms. The summed E-state index contributed by atoms with van der Waals surface area (Å²) in [7, 11) is -2.83. The number of allylic oxidation sites excluding steroid dienone is 1. The number of methoxy groups -OCH3 is 1. The molecule has 0 amide bonds. The Morgan fingerprint density at radius 1 is 1.31 bits per heavy atom. The number of phenols is 1. The number of ether oxygens (including phenoxy) is 1. The molecule has 6 nitrogen and oxygen atoms in total. The number of phenolic OH excluding ortho intramolecular Hbond substituents is 1. The monoisotopic (exact) mass is 420 g/mol. The van der Waals surface area contributed by atoms with Crippen molar-refractivity contribution in [1.29, 1.82) is 0 Å². The van der Waals surface area contributed by atoms with Crippen LogP contribution in [0.5, 0.6) is 5.75 Å². The van der Waals surface area contributed by atoms with Crippen molar-refractivity contribution in [3.05, 3.63) is 46.5 Å². The van der Waals surface area contributed by atoms with E-state index in [2.05, 4.69) is 13.0 Å². The Hall–Kier alpha value is -1.61. The maximum absolute atomic E-state index is 12.6. The first-order valence-corrected chi connectivity index (χ1v) is 11.8. The van der Waals surface area contributed by atoms with Crippen LogP contribution in [0.1, 0.15) is 38.2 Å². The van der Waals surface area contributed by atoms with E-state index in [0.29, 0.717) is 6.42 Å². The minimum atomic E-state index is -3.32. The van der Waals surface area contributed by atoms with Crippen LogP contribution in [0.3, 0.4) is 0 Å². The molecule has 2 aliphatic heterocycles. The van der Waals surface area contributed by atoms with Gasteiger partial charge in [-0.25, -0.2) is 8.42 Å². The van der Waals surface area contributed by atoms with E-state index in [1.165, 1.54) is 5.57 Å². The van der Waals surface area contributed by atoms with E-state index in [-0.39, 0.29) is 24.4 Å². The van der Waals surface area contributed by atoms with Gasteiger partial charge in [0, 0.05) is 13.4 Å². The van der Waals surface area contributed by atoms with E-state index < -0.39 is 28.3 Å². The van der Waals surface area contributed by atoms with Crippen LogP contribution in [0.15, 0.2) is 41.0 Å². The van der Waals surface area contributed by atoms with Gasteiger partial charge in [0.05, 0.1) is 23.7 Å². The van der Waals surface area contributed by atoms with Crippen LogP contribution in [0, 0.1) is 0 Å². The van der Waals surface area contributed by atoms with Crippen molar-refractivity contribution < 1.29 is 27.9 Å². The zero-order chi connectivity index (χ0) is 21.0. The van der Waals surface area contributed by atoms with Gasteiger partial charge in [0.1, 0.15) is 5.75 Å². The molecule has 0 unspecified atom stereocenters. The fourth-order valence-electron chi connectivity index (χ4n) is 4.29. The SMILES string of the molecule is CCC/C(=C\c1ccc(O)cc1)CC[C@H]1OB(O)C[C@H]2C1=C(COC)CS2(=O)=O. The number of rotatable bonds is 8. The zero-order valence-corrected chi connectivity index (χ0v) is 17.8. The lowest BCUT2D eigenvalue weighted by molar-refractivity contribution is 0.166. The summed E-state index contributed by atoms with van der Waals surface area (Å²) in [6.45, 7) is 2.39. The predicted molar refractivity (Wildman–Crippen MR) is 114 cm³/mol. The first-order chi connectivity index (χ1) is 13.8. The molecule has 0 saturated carbocycles. The van der Waals surface area contributed by atoms with Crippen LogP contribution in [-0.2, 0) is 19.2 Å². The molecule has 29 heavy (non-hydrogen) atoms. The second-order valence-electron chi connectivity index (χ2n) is 7.79. The fourth-order valence-corrected chi connectivity index (χ4v) is 6.39. The summed E-state index contributed by atoms with van der Waals surface area (Å²) in [6, 6.07) is 7.05. The van der Waals surface area contributed by atoms with E-state index in [1.807, 2.05) is 12.1 Å². The summed E-state index contributed by atoms with van der Waals surface area (Å²) in [5.41, 5.74) is 3.80. The van der Waals surface area contributed by atoms with Gasteiger partial charge in [-0.15, -0.1) is 0 Å². The Bertz CT molecular complexity index is 875. The topological polar surface area (TPSA) is 93.1 Å². The predicted octanol–water partition coefficient (Wildman–Crippen LogP) is 2.98. The molecule has 0 radical (unpaired) electrons. The van der Waals surface area contributed by atoms with Crippen molar-refractivity contribution in [3.63, 3.8) is 0 Å². The van der Waals surface area contributed by atoms with Crippen molar-refractivity contribution in [2.24, 2.45) is 0 Å². The highest BCUT2D eigenvalue weighted by molar-refractivity contribution is 7.92. The summed E-state index contributed by atoms with van der Waals surface area (Å²) in [6.07, 6.45) is 5.03. The molecule has 1 aromatic rings. The van der Waals surface area contributed by atoms with Crippen molar-refractivity contribution in [3.8, 4) is 5.75 Å². The highest BCUT2D eigenvalue weighted by atomic mass is 32.2. The number of hydrogen-bond acceptors (Lipinski definition) is 6. The molecule has 1 fully saturated rings. The number of sulfone groups is 1. The van der Waals surface area contributed by atoms with Gasteiger partial charge in [-0.1, -0.05) is 37.1 Å². The average molecular weight is 420 g/mol. The molecule has 0 spiro atoms. The van der Waals surface area contributed by atoms with E-state index in [9.17, 15) is 18.5 Å². The van der Waals surface area contributed by atoms with Crippen molar-refractivity contribution in [2.75, 3.05) is 19.5 Å². The van der Waals surface area contributed by atoms with Crippen molar-refractivity contribution in [1.82, 2.24) is 0 Å². The number of hydrogen-bond donors (Lipinski definition) is 2. The molecular formula is C21H29BO6S. The van der Waals surface area contributed by atoms with Gasteiger partial charge in [0.25, 0.3) is 0 Å². The second kappa shape index (κ2) is 9.47. The smallest absolute Gasteiger partial charge is 0.456 e. The highest BCUT2D eigenvalue weighted by Crippen LogP contribution is 2.39. The molecule has 1 saturated heterocycles. The molecular weight excluding hydrogens is 391 g/mol. The normalized spacial score (nSPS) is 24.1. The molecule has 2 heterocycles. The Balaban J connectivity index is 1.80. The largest absolute Gasteiger partial charge is 0.508 e. The minimum Gasteiger partial charge on any atom is -0.508 e. The summed E-state index contributed by atoms with van der Waals surface area (Å²) < 4.78 is 36.2. The molecule has 3 rings (SSSR count). The Kier molecular flexibility index (Phi) is 7.21. The number of benzene rings is 1. The van der Waals surface area contributed by atoms with Crippen LogP contribution >= 0.6 is 0 Å². The Morgan fingerprint density at radius 2 is 2.03 bits per heavy atom. The quantitative estimate of drug-likeness (QED) is 0.496. The van der Waals surface area contributed by atoms with Gasteiger partial charge in [-0.2, -0.15) is 0 Å². The molecule has 0 aliphatic carbocycles. The minimum absolute atomic E-state index is 0.0153. The van der Waals surface area contributed by atoms with Crippen LogP contribution in [0.25, 0.3) is 6.08 Å². The summed E-state index contributed by atoms with van der Waals surface area (Å²) in [4.78, 5) is 0. The Labute approximate surface area is 173 Å². The molecule has 158 valence electrons. The standard InChI is InChI=1S/C21H29BO6S/c1-3-4-15(11-16-5-8-18(23)9-6-16)7-10-19-21-17(13-27-2)14-29(25,26)20(21)12-22(24)28-19/h5-6,8-9,11,19-20,23-24H,3-4,7,10,12-14H2,1-2H3/b15-11+/t19-,20+/m1/s1. The average Bonchev–Trinajstić information content (AvgIpc) is 2.92. The van der Waals surface area contributed by atoms with Gasteiger partial charge in [0.2, 0.25) is 0 Å². The van der Waals surface area contributed by atoms with E-state index in [4.69, 9.17) is 9.39 Å². The van der Waals surface area contributed by atoms with Gasteiger partial charge in [-0.05, 0) is 48.1 Å². The van der Waals surface area contributed by atoms with Crippen molar-refractivity contribution >= 4 is 23.0 Å². The van der Waals surface area contributed by atoms with Gasteiger partial charge >= 0.3 is 7.12 Å². The lowest BCUT2D eigenvalue weighted by Gasteiger charge is -2.32. The molecule has 0 aromatic heterocycles. The third-order valence-electron chi connectivity index (χ3n) is 5.53. The van der Waals surface area contributed by atoms with Crippen LogP contribution in [0.4, 0.5) is 0 Å². The van der Waals surface area contributed by atoms with Crippen LogP contribution in [0.2, 0.25) is 6.32 Å². The summed E-state index contributed by atoms with van der Waals surface area (Å²) >= 11 is 0. The van der Waals surface area contributed by atoms with Gasteiger partial charge in [0.15, 0.2) is 9.84 Å². The van der Waals surface area contributed by atoms with Crippen LogP contribution in [-0.4, -0.2) is 56.5 Å². The Morgan fingerprint density at radius 3 is 2.69 bits per heavy atom. The molecule has 2 atom stereocenters. The van der Waals surface area contributed by atoms with E-state index in [0.717, 1.165) is 36.0 Å². The molecule has 1 aromatic carbocycles. The third-order valence-corrected chi connectivity index (χ3v) is 7.59. The number of aromatic hydroxyl groups is 1. The number of fused-ring (bicyclic) bond motifs is 1. The summed E-state index contributed by atoms with van der Waals surface area (Å²) in [5.74, 6) is 0.216. The highest BCUT2D eigenvalue weighted by Gasteiger charge is 2.48. The zero-order valence-electron chi connectivity index (χ0n) is 17.0. The van der Waals surface area contributed by atoms with Crippen LogP contribution < -0.4 is 0 Å². The molecule has 2 N–H and O–H groups in total. The first kappa shape index (κ1) is 22.1. The maximum atomic E-state index is 12.6. The summed E-state index contributed by atoms with van der Waals surface area (Å²) in [5, 5.41) is 18.9. The first-order valence-electron chi connectivity index (χ1n) is 10.1. The third kappa shape index (κ3) is 5.31. The fraction of sp³-hybridized carbons (Fsp3) is 0.524. The van der Waals surface area contributed by atoms with Crippen molar-refractivity contribution in [2.45, 2.75) is 50.3 Å². The second-order valence-corrected chi connectivity index (χ2v) is 9.97. The lowest BCUT2D eigenvalue weighted by atomic mass is 9.74.